The van der Waals surface area contributed by atoms with E-state index in [-0.39, 0.29) is 27.9 Å². The highest BCUT2D eigenvalue weighted by Gasteiger charge is 2.48. The Labute approximate surface area is 229 Å². The molecule has 0 spiro atoms. The molecule has 4 rings (SSSR count). The number of ether oxygens (including phenoxy) is 2. The topological polar surface area (TPSA) is 106 Å². The number of aryl methyl sites for hydroxylation is 2. The van der Waals surface area contributed by atoms with Crippen molar-refractivity contribution in [1.29, 1.82) is 0 Å². The molecular weight excluding hydrogens is 528 g/mol. The number of aliphatic hydroxyl groups is 1. The smallest absolute Gasteiger partial charge is 0.350 e. The van der Waals surface area contributed by atoms with Gasteiger partial charge in [-0.2, -0.15) is 0 Å². The van der Waals surface area contributed by atoms with Crippen molar-refractivity contribution >= 4 is 51.5 Å². The van der Waals surface area contributed by atoms with Gasteiger partial charge in [0, 0.05) is 10.6 Å². The maximum atomic E-state index is 13.4. The lowest BCUT2D eigenvalue weighted by Crippen LogP contribution is -2.29. The Bertz CT molecular complexity index is 1450. The van der Waals surface area contributed by atoms with Crippen LogP contribution >= 0.6 is 22.9 Å². The lowest BCUT2D eigenvalue weighted by atomic mass is 9.95. The molecule has 1 unspecified atom stereocenters. The first kappa shape index (κ1) is 27.3. The number of thiazole rings is 1. The fourth-order valence-electron chi connectivity index (χ4n) is 4.22. The molecule has 1 N–H and O–H groups in total. The van der Waals surface area contributed by atoms with Crippen molar-refractivity contribution in [2.24, 2.45) is 0 Å². The van der Waals surface area contributed by atoms with Gasteiger partial charge in [0.2, 0.25) is 0 Å². The second-order valence-corrected chi connectivity index (χ2v) is 10.1. The Kier molecular flexibility index (Phi) is 8.18. The third-order valence-corrected chi connectivity index (χ3v) is 7.34. The summed E-state index contributed by atoms with van der Waals surface area (Å²) in [6.07, 6.45) is 0.846. The predicted molar refractivity (Wildman–Crippen MR) is 146 cm³/mol. The van der Waals surface area contributed by atoms with Crippen LogP contribution in [0.5, 0.6) is 5.75 Å². The molecule has 1 amide bonds. The van der Waals surface area contributed by atoms with E-state index in [0.717, 1.165) is 23.3 Å². The average Bonchev–Trinajstić information content (AvgIpc) is 3.39. The lowest BCUT2D eigenvalue weighted by Gasteiger charge is -2.23. The van der Waals surface area contributed by atoms with E-state index in [4.69, 9.17) is 21.1 Å². The molecule has 38 heavy (non-hydrogen) atoms. The van der Waals surface area contributed by atoms with Crippen LogP contribution in [-0.2, 0) is 14.3 Å². The molecule has 1 aromatic heterocycles. The van der Waals surface area contributed by atoms with Gasteiger partial charge in [0.25, 0.3) is 5.78 Å². The summed E-state index contributed by atoms with van der Waals surface area (Å²) in [6.45, 7) is 7.89. The molecular formula is C28H27ClN2O6S. The van der Waals surface area contributed by atoms with Crippen molar-refractivity contribution in [2.75, 3.05) is 18.1 Å². The highest BCUT2D eigenvalue weighted by atomic mass is 35.5. The summed E-state index contributed by atoms with van der Waals surface area (Å²) in [7, 11) is 0. The first-order valence-corrected chi connectivity index (χ1v) is 13.3. The van der Waals surface area contributed by atoms with Crippen molar-refractivity contribution in [3.63, 3.8) is 0 Å². The van der Waals surface area contributed by atoms with Crippen LogP contribution in [0.3, 0.4) is 0 Å². The van der Waals surface area contributed by atoms with Gasteiger partial charge in [-0.3, -0.25) is 14.5 Å². The minimum atomic E-state index is -1.02. The summed E-state index contributed by atoms with van der Waals surface area (Å²) >= 11 is 7.21. The Hall–Kier alpha value is -3.69. The molecule has 0 saturated carbocycles. The van der Waals surface area contributed by atoms with Crippen LogP contribution in [0.1, 0.15) is 58.4 Å². The standard InChI is InChI=1S/C28H27ClN2O6S/c1-5-12-37-20-11-10-18(13-15(20)3)23(32)21-22(17-8-7-9-19(29)14-17)31(26(34)24(21)33)28-30-16(4)25(38-28)27(35)36-6-2/h7-11,13-14,22,32H,5-6,12H2,1-4H3/b23-21+. The largest absolute Gasteiger partial charge is 0.507 e. The van der Waals surface area contributed by atoms with Gasteiger partial charge in [-0.1, -0.05) is 42.0 Å². The van der Waals surface area contributed by atoms with E-state index in [2.05, 4.69) is 4.98 Å². The summed E-state index contributed by atoms with van der Waals surface area (Å²) < 4.78 is 10.8. The third kappa shape index (κ3) is 5.16. The van der Waals surface area contributed by atoms with Crippen LogP contribution in [0, 0.1) is 13.8 Å². The van der Waals surface area contributed by atoms with E-state index in [1.165, 1.54) is 4.90 Å². The van der Waals surface area contributed by atoms with Crippen LogP contribution in [0.15, 0.2) is 48.0 Å². The Morgan fingerprint density at radius 2 is 1.92 bits per heavy atom. The van der Waals surface area contributed by atoms with E-state index >= 15 is 0 Å². The number of benzene rings is 2. The van der Waals surface area contributed by atoms with Crippen molar-refractivity contribution in [3.05, 3.63) is 80.3 Å². The minimum absolute atomic E-state index is 0.107. The number of hydrogen-bond donors (Lipinski definition) is 1. The number of aliphatic hydroxyl groups excluding tert-OH is 1. The van der Waals surface area contributed by atoms with Crippen molar-refractivity contribution in [3.8, 4) is 5.75 Å². The molecule has 1 atom stereocenters. The van der Waals surface area contributed by atoms with Crippen LogP contribution in [0.25, 0.3) is 5.76 Å². The lowest BCUT2D eigenvalue weighted by molar-refractivity contribution is -0.132. The number of hydrogen-bond acceptors (Lipinski definition) is 8. The summed E-state index contributed by atoms with van der Waals surface area (Å²) in [5.74, 6) is -1.98. The second kappa shape index (κ2) is 11.4. The minimum Gasteiger partial charge on any atom is -0.507 e. The molecule has 2 aromatic carbocycles. The molecule has 1 aliphatic heterocycles. The first-order chi connectivity index (χ1) is 18.2. The molecule has 0 radical (unpaired) electrons. The number of carbonyl (C=O) groups is 3. The molecule has 8 nitrogen and oxygen atoms in total. The Balaban J connectivity index is 1.87. The van der Waals surface area contributed by atoms with Gasteiger partial charge >= 0.3 is 11.9 Å². The SMILES string of the molecule is CCCOc1ccc(/C(O)=C2\C(=O)C(=O)N(c3nc(C)c(C(=O)OCC)s3)C2c2cccc(Cl)c2)cc1C. The van der Waals surface area contributed by atoms with Crippen LogP contribution in [-0.4, -0.2) is 41.0 Å². The number of esters is 1. The molecule has 198 valence electrons. The van der Waals surface area contributed by atoms with Crippen LogP contribution in [0.2, 0.25) is 5.02 Å². The summed E-state index contributed by atoms with van der Waals surface area (Å²) in [5, 5.41) is 11.9. The number of nitrogens with zero attached hydrogens (tertiary/aromatic N) is 2. The van der Waals surface area contributed by atoms with Gasteiger partial charge in [-0.25, -0.2) is 9.78 Å². The molecule has 1 aliphatic rings. The molecule has 3 aromatic rings. The summed E-state index contributed by atoms with van der Waals surface area (Å²) in [4.78, 5) is 45.1. The highest BCUT2D eigenvalue weighted by molar-refractivity contribution is 7.17. The Morgan fingerprint density at radius 1 is 1.16 bits per heavy atom. The van der Waals surface area contributed by atoms with Gasteiger partial charge in [-0.05, 0) is 68.7 Å². The van der Waals surface area contributed by atoms with Crippen LogP contribution < -0.4 is 9.64 Å². The fourth-order valence-corrected chi connectivity index (χ4v) is 5.41. The quantitative estimate of drug-likeness (QED) is 0.157. The van der Waals surface area contributed by atoms with Crippen molar-refractivity contribution < 1.29 is 29.0 Å². The molecule has 10 heteroatoms. The van der Waals surface area contributed by atoms with E-state index in [0.29, 0.717) is 34.2 Å². The number of halogens is 1. The first-order valence-electron chi connectivity index (χ1n) is 12.1. The molecule has 0 aliphatic carbocycles. The second-order valence-electron chi connectivity index (χ2n) is 8.68. The number of aromatic nitrogens is 1. The zero-order valence-electron chi connectivity index (χ0n) is 21.4. The van der Waals surface area contributed by atoms with Gasteiger partial charge in [-0.15, -0.1) is 0 Å². The van der Waals surface area contributed by atoms with Crippen molar-refractivity contribution in [1.82, 2.24) is 4.98 Å². The zero-order chi connectivity index (χ0) is 27.6. The van der Waals surface area contributed by atoms with E-state index in [1.807, 2.05) is 13.8 Å². The van der Waals surface area contributed by atoms with Gasteiger partial charge < -0.3 is 14.6 Å². The molecule has 1 fully saturated rings. The molecule has 0 bridgehead atoms. The fraction of sp³-hybridized carbons (Fsp3) is 0.286. The van der Waals surface area contributed by atoms with E-state index < -0.39 is 23.7 Å². The number of rotatable bonds is 8. The van der Waals surface area contributed by atoms with E-state index in [1.54, 1.807) is 56.3 Å². The summed E-state index contributed by atoms with van der Waals surface area (Å²) in [5.41, 5.74) is 1.89. The normalized spacial score (nSPS) is 16.7. The zero-order valence-corrected chi connectivity index (χ0v) is 23.0. The van der Waals surface area contributed by atoms with Crippen molar-refractivity contribution in [2.45, 2.75) is 40.2 Å². The monoisotopic (exact) mass is 554 g/mol. The molecule has 2 heterocycles. The molecule has 1 saturated heterocycles. The average molecular weight is 555 g/mol. The predicted octanol–water partition coefficient (Wildman–Crippen LogP) is 6.01. The van der Waals surface area contributed by atoms with Gasteiger partial charge in [0.15, 0.2) is 5.13 Å². The Morgan fingerprint density at radius 3 is 2.58 bits per heavy atom. The number of carbonyl (C=O) groups excluding carboxylic acids is 3. The number of anilines is 1. The summed E-state index contributed by atoms with van der Waals surface area (Å²) in [6, 6.07) is 10.7. The number of Topliss-reactive ketones (excluding diaryl/α,β-unsaturated/α-hetero) is 1. The third-order valence-electron chi connectivity index (χ3n) is 5.97. The number of amides is 1. The highest BCUT2D eigenvalue weighted by Crippen LogP contribution is 2.44. The van der Waals surface area contributed by atoms with E-state index in [9.17, 15) is 19.5 Å². The number of ketones is 1. The maximum Gasteiger partial charge on any atom is 0.350 e. The maximum absolute atomic E-state index is 13.4. The van der Waals surface area contributed by atoms with Crippen LogP contribution in [0.4, 0.5) is 5.13 Å². The van der Waals surface area contributed by atoms with Gasteiger partial charge in [0.05, 0.1) is 30.5 Å². The van der Waals surface area contributed by atoms with Gasteiger partial charge in [0.1, 0.15) is 16.4 Å².